The molecule has 6 heteroatoms. The Bertz CT molecular complexity index is 5430. The van der Waals surface area contributed by atoms with E-state index in [1.165, 1.54) is 0 Å². The zero-order chi connectivity index (χ0) is 63.4. The molecule has 0 radical (unpaired) electrons. The van der Waals surface area contributed by atoms with Crippen molar-refractivity contribution in [2.75, 3.05) is 9.80 Å². The summed E-state index contributed by atoms with van der Waals surface area (Å²) in [4.78, 5) is 5.11. The number of rotatable bonds is 10. The SMILES string of the molecule is Clc1cc2c3c(c1)N(c1c(-c4ccccc4)cc(-c4ccccc4)cc1-c1ccccc1)c1ccc(-c4cccc5c4oc4ccccc45)cc1B3c1cc(-c3cccc4c3oc3ccccc34)ccc1N2c1c(-c2ccccc2)cc(-c2ccccc2)cc1-c1ccccc1. The van der Waals surface area contributed by atoms with Crippen LogP contribution >= 0.6 is 11.6 Å². The van der Waals surface area contributed by atoms with Crippen LogP contribution in [-0.2, 0) is 0 Å². The minimum absolute atomic E-state index is 0.359. The van der Waals surface area contributed by atoms with Crippen LogP contribution in [-0.4, -0.2) is 6.71 Å². The summed E-state index contributed by atoms with van der Waals surface area (Å²) in [6.07, 6.45) is 0. The minimum Gasteiger partial charge on any atom is -0.455 e. The molecular weight excluding hydrogens is 1190 g/mol. The highest BCUT2D eigenvalue weighted by molar-refractivity contribution is 7.00. The van der Waals surface area contributed by atoms with Gasteiger partial charge in [0.05, 0.1) is 11.4 Å². The normalized spacial score (nSPS) is 12.4. The van der Waals surface area contributed by atoms with Crippen LogP contribution in [0.15, 0.2) is 349 Å². The Labute approximate surface area is 561 Å². The highest BCUT2D eigenvalue weighted by Crippen LogP contribution is 2.55. The fourth-order valence-electron chi connectivity index (χ4n) is 15.4. The Balaban J connectivity index is 0.974. The summed E-state index contributed by atoms with van der Waals surface area (Å²) in [6.45, 7) is -0.359. The molecule has 96 heavy (non-hydrogen) atoms. The van der Waals surface area contributed by atoms with E-state index in [2.05, 4.69) is 350 Å². The maximum Gasteiger partial charge on any atom is 0.252 e. The number of fused-ring (bicyclic) bond motifs is 10. The summed E-state index contributed by atoms with van der Waals surface area (Å²) in [5.41, 5.74) is 30.2. The number of hydrogen-bond donors (Lipinski definition) is 0. The van der Waals surface area contributed by atoms with E-state index in [0.29, 0.717) is 5.02 Å². The number of halogens is 1. The van der Waals surface area contributed by atoms with Gasteiger partial charge in [-0.1, -0.05) is 291 Å². The van der Waals surface area contributed by atoms with Gasteiger partial charge in [-0.25, -0.2) is 0 Å². The molecule has 0 bridgehead atoms. The second kappa shape index (κ2) is 22.6. The smallest absolute Gasteiger partial charge is 0.252 e. The van der Waals surface area contributed by atoms with Crippen LogP contribution in [0.4, 0.5) is 34.1 Å². The summed E-state index contributed by atoms with van der Waals surface area (Å²) in [5, 5.41) is 4.94. The van der Waals surface area contributed by atoms with Crippen molar-refractivity contribution in [3.63, 3.8) is 0 Å². The number of benzene rings is 15. The lowest BCUT2D eigenvalue weighted by atomic mass is 9.33. The van der Waals surface area contributed by atoms with Crippen molar-refractivity contribution in [2.45, 2.75) is 0 Å². The van der Waals surface area contributed by atoms with Gasteiger partial charge in [-0.15, -0.1) is 0 Å². The molecule has 19 rings (SSSR count). The lowest BCUT2D eigenvalue weighted by Gasteiger charge is -2.46. The zero-order valence-corrected chi connectivity index (χ0v) is 52.8. The molecule has 0 saturated carbocycles. The van der Waals surface area contributed by atoms with Gasteiger partial charge in [0.15, 0.2) is 0 Å². The Hall–Kier alpha value is -12.1. The van der Waals surface area contributed by atoms with Crippen LogP contribution in [0.5, 0.6) is 0 Å². The van der Waals surface area contributed by atoms with Gasteiger partial charge in [0.1, 0.15) is 22.3 Å². The van der Waals surface area contributed by atoms with Crippen molar-refractivity contribution in [2.24, 2.45) is 0 Å². The summed E-state index contributed by atoms with van der Waals surface area (Å²) >= 11 is 8.04. The van der Waals surface area contributed by atoms with Gasteiger partial charge in [0.25, 0.3) is 6.71 Å². The first-order valence-electron chi connectivity index (χ1n) is 32.8. The van der Waals surface area contributed by atoms with E-state index in [4.69, 9.17) is 20.4 Å². The van der Waals surface area contributed by atoms with Crippen LogP contribution < -0.4 is 26.2 Å². The van der Waals surface area contributed by atoms with Crippen LogP contribution in [0.3, 0.4) is 0 Å². The third-order valence-corrected chi connectivity index (χ3v) is 19.9. The van der Waals surface area contributed by atoms with E-state index in [0.717, 1.165) is 183 Å². The Morgan fingerprint density at radius 2 is 0.562 bits per heavy atom. The second-order valence-corrected chi connectivity index (χ2v) is 25.5. The van der Waals surface area contributed by atoms with Crippen LogP contribution in [0.25, 0.3) is 133 Å². The van der Waals surface area contributed by atoms with Gasteiger partial charge in [0.2, 0.25) is 0 Å². The maximum absolute atomic E-state index is 8.04. The lowest BCUT2D eigenvalue weighted by Crippen LogP contribution is -2.61. The van der Waals surface area contributed by atoms with Crippen molar-refractivity contribution >= 4 is 113 Å². The topological polar surface area (TPSA) is 32.8 Å². The van der Waals surface area contributed by atoms with Gasteiger partial charge in [-0.2, -0.15) is 0 Å². The first kappa shape index (κ1) is 55.5. The Kier molecular flexibility index (Phi) is 13.0. The van der Waals surface area contributed by atoms with Crippen molar-refractivity contribution in [1.29, 1.82) is 0 Å². The summed E-state index contributed by atoms with van der Waals surface area (Å²) in [5.74, 6) is 0. The first-order chi connectivity index (χ1) is 47.5. The highest BCUT2D eigenvalue weighted by Gasteiger charge is 2.46. The molecular formula is C90H56BClN2O2. The predicted octanol–water partition coefficient (Wildman–Crippen LogP) is 23.6. The second-order valence-electron chi connectivity index (χ2n) is 25.1. The molecule has 0 saturated heterocycles. The van der Waals surface area contributed by atoms with Crippen LogP contribution in [0.1, 0.15) is 0 Å². The molecule has 0 fully saturated rings. The van der Waals surface area contributed by atoms with Gasteiger partial charge < -0.3 is 18.6 Å². The van der Waals surface area contributed by atoms with Gasteiger partial charge >= 0.3 is 0 Å². The van der Waals surface area contributed by atoms with Gasteiger partial charge in [0, 0.05) is 82.7 Å². The summed E-state index contributed by atoms with van der Waals surface area (Å²) < 4.78 is 13.9. The van der Waals surface area contributed by atoms with Crippen molar-refractivity contribution in [3.05, 3.63) is 345 Å². The maximum atomic E-state index is 8.04. The van der Waals surface area contributed by atoms with Crippen molar-refractivity contribution < 1.29 is 8.83 Å². The van der Waals surface area contributed by atoms with E-state index in [9.17, 15) is 0 Å². The van der Waals surface area contributed by atoms with E-state index in [-0.39, 0.29) is 6.71 Å². The van der Waals surface area contributed by atoms with E-state index < -0.39 is 0 Å². The summed E-state index contributed by atoms with van der Waals surface area (Å²) in [6, 6.07) is 123. The molecule has 4 nitrogen and oxygen atoms in total. The average Bonchev–Trinajstić information content (AvgIpc) is 0.756. The number of anilines is 6. The molecule has 17 aromatic rings. The molecule has 0 N–H and O–H groups in total. The quantitative estimate of drug-likeness (QED) is 0.128. The van der Waals surface area contributed by atoms with Crippen LogP contribution in [0.2, 0.25) is 5.02 Å². The first-order valence-corrected chi connectivity index (χ1v) is 33.1. The fraction of sp³-hybridized carbons (Fsp3) is 0. The molecule has 2 aliphatic heterocycles. The fourth-order valence-corrected chi connectivity index (χ4v) is 15.6. The third-order valence-electron chi connectivity index (χ3n) is 19.7. The number of furan rings is 2. The molecule has 0 unspecified atom stereocenters. The van der Waals surface area contributed by atoms with Gasteiger partial charge in [-0.05, 0) is 133 Å². The number of nitrogens with zero attached hydrogens (tertiary/aromatic N) is 2. The van der Waals surface area contributed by atoms with Crippen molar-refractivity contribution in [1.82, 2.24) is 0 Å². The largest absolute Gasteiger partial charge is 0.455 e. The Morgan fingerprint density at radius 3 is 0.927 bits per heavy atom. The van der Waals surface area contributed by atoms with E-state index in [1.54, 1.807) is 0 Å². The molecule has 15 aromatic carbocycles. The molecule has 0 spiro atoms. The average molecular weight is 1240 g/mol. The molecule has 4 heterocycles. The standard InChI is InChI=1S/C90H56BClN2O2/c92-67-55-82-86-83(56-67)94(88-76(61-33-15-5-16-34-61)51-66(58-27-9-2-10-28-58)52-77(88)62-35-17-6-18-36-62)81-48-46-64(69-40-24-42-73-71-38-20-22-44-85(71)96-90(69)73)54-79(81)91(86)78-53-63(68-39-23-41-72-70-37-19-21-43-84(70)95-89(68)72)45-47-80(78)93(82)87-74(59-29-11-3-12-30-59)49-65(57-25-7-1-8-26-57)50-75(87)60-31-13-4-14-32-60/h1-56H. The Morgan fingerprint density at radius 1 is 0.240 bits per heavy atom. The lowest BCUT2D eigenvalue weighted by molar-refractivity contribution is 0.669. The highest BCUT2D eigenvalue weighted by atomic mass is 35.5. The minimum atomic E-state index is -0.359. The molecule has 0 atom stereocenters. The molecule has 448 valence electrons. The third kappa shape index (κ3) is 9.00. The van der Waals surface area contributed by atoms with E-state index >= 15 is 0 Å². The summed E-state index contributed by atoms with van der Waals surface area (Å²) in [7, 11) is 0. The molecule has 2 aliphatic rings. The number of hydrogen-bond acceptors (Lipinski definition) is 4. The monoisotopic (exact) mass is 1240 g/mol. The number of para-hydroxylation sites is 4. The van der Waals surface area contributed by atoms with Crippen molar-refractivity contribution in [3.8, 4) is 89.0 Å². The van der Waals surface area contributed by atoms with Gasteiger partial charge in [-0.3, -0.25) is 0 Å². The van der Waals surface area contributed by atoms with Crippen LogP contribution in [0, 0.1) is 0 Å². The molecule has 0 amide bonds. The predicted molar refractivity (Wildman–Crippen MR) is 404 cm³/mol. The molecule has 0 aliphatic carbocycles. The van der Waals surface area contributed by atoms with E-state index in [1.807, 2.05) is 0 Å². The molecule has 2 aromatic heterocycles. The zero-order valence-electron chi connectivity index (χ0n) is 52.0.